The highest BCUT2D eigenvalue weighted by Gasteiger charge is 2.32. The Bertz CT molecular complexity index is 487. The van der Waals surface area contributed by atoms with Crippen molar-refractivity contribution in [3.8, 4) is 0 Å². The molecule has 0 aromatic carbocycles. The molecule has 1 aromatic rings. The minimum absolute atomic E-state index is 0.180. The molecule has 0 spiro atoms. The van der Waals surface area contributed by atoms with Crippen molar-refractivity contribution in [3.05, 3.63) is 22.4 Å². The van der Waals surface area contributed by atoms with E-state index >= 15 is 0 Å². The van der Waals surface area contributed by atoms with E-state index in [1.807, 2.05) is 17.2 Å². The van der Waals surface area contributed by atoms with Gasteiger partial charge in [-0.2, -0.15) is 0 Å². The smallest absolute Gasteiger partial charge is 0.270 e. The fourth-order valence-corrected chi connectivity index (χ4v) is 3.44. The summed E-state index contributed by atoms with van der Waals surface area (Å²) in [5, 5.41) is 0. The standard InChI is InChI=1S/C15H22BrN3O/c1-2-5-19-11-12(16)10-14(19)15(20)18-8-6-17(7-9-18)13-3-4-13/h10-11,13H,2-9H2,1H3. The van der Waals surface area contributed by atoms with Crippen LogP contribution in [0.15, 0.2) is 16.7 Å². The van der Waals surface area contributed by atoms with Crippen LogP contribution in [0.2, 0.25) is 0 Å². The third kappa shape index (κ3) is 2.93. The van der Waals surface area contributed by atoms with Crippen molar-refractivity contribution in [1.29, 1.82) is 0 Å². The van der Waals surface area contributed by atoms with Crippen LogP contribution in [0.25, 0.3) is 0 Å². The molecule has 0 N–H and O–H groups in total. The normalized spacial score (nSPS) is 20.4. The Morgan fingerprint density at radius 3 is 2.60 bits per heavy atom. The number of nitrogens with zero attached hydrogens (tertiary/aromatic N) is 3. The highest BCUT2D eigenvalue weighted by Crippen LogP contribution is 2.27. The van der Waals surface area contributed by atoms with Gasteiger partial charge in [0.25, 0.3) is 5.91 Å². The van der Waals surface area contributed by atoms with Crippen molar-refractivity contribution in [3.63, 3.8) is 0 Å². The maximum absolute atomic E-state index is 12.7. The summed E-state index contributed by atoms with van der Waals surface area (Å²) in [6.07, 6.45) is 5.74. The number of carbonyl (C=O) groups is 1. The van der Waals surface area contributed by atoms with E-state index in [2.05, 4.69) is 32.3 Å². The van der Waals surface area contributed by atoms with E-state index < -0.39 is 0 Å². The molecule has 0 bridgehead atoms. The van der Waals surface area contributed by atoms with Crippen LogP contribution in [-0.2, 0) is 6.54 Å². The molecule has 2 aliphatic rings. The minimum atomic E-state index is 0.180. The first kappa shape index (κ1) is 14.1. The molecule has 0 radical (unpaired) electrons. The van der Waals surface area contributed by atoms with Gasteiger partial charge in [-0.05, 0) is 41.3 Å². The topological polar surface area (TPSA) is 28.5 Å². The highest BCUT2D eigenvalue weighted by molar-refractivity contribution is 9.10. The average molecular weight is 340 g/mol. The predicted molar refractivity (Wildman–Crippen MR) is 82.9 cm³/mol. The second kappa shape index (κ2) is 5.90. The fraction of sp³-hybridized carbons (Fsp3) is 0.667. The van der Waals surface area contributed by atoms with Crippen LogP contribution in [0.1, 0.15) is 36.7 Å². The van der Waals surface area contributed by atoms with Crippen molar-refractivity contribution in [2.75, 3.05) is 26.2 Å². The van der Waals surface area contributed by atoms with E-state index in [0.717, 1.165) is 55.4 Å². The number of aromatic nitrogens is 1. The Morgan fingerprint density at radius 2 is 2.00 bits per heavy atom. The lowest BCUT2D eigenvalue weighted by Crippen LogP contribution is -2.49. The van der Waals surface area contributed by atoms with Crippen LogP contribution in [-0.4, -0.2) is 52.5 Å². The summed E-state index contributed by atoms with van der Waals surface area (Å²) in [7, 11) is 0. The van der Waals surface area contributed by atoms with Gasteiger partial charge in [0.15, 0.2) is 0 Å². The number of rotatable bonds is 4. The molecular formula is C15H22BrN3O. The van der Waals surface area contributed by atoms with Gasteiger partial charge in [-0.25, -0.2) is 0 Å². The fourth-order valence-electron chi connectivity index (χ4n) is 2.97. The summed E-state index contributed by atoms with van der Waals surface area (Å²) in [6, 6.07) is 2.76. The van der Waals surface area contributed by atoms with Gasteiger partial charge >= 0.3 is 0 Å². The third-order valence-corrected chi connectivity index (χ3v) is 4.65. The lowest BCUT2D eigenvalue weighted by molar-refractivity contribution is 0.0616. The second-order valence-corrected chi connectivity index (χ2v) is 6.71. The maximum Gasteiger partial charge on any atom is 0.270 e. The Labute approximate surface area is 128 Å². The summed E-state index contributed by atoms with van der Waals surface area (Å²) in [6.45, 7) is 6.83. The SMILES string of the molecule is CCCn1cc(Br)cc1C(=O)N1CCN(C2CC2)CC1. The molecule has 1 aromatic heterocycles. The van der Waals surface area contributed by atoms with Crippen LogP contribution in [0.5, 0.6) is 0 Å². The summed E-state index contributed by atoms with van der Waals surface area (Å²) in [5.74, 6) is 0.180. The molecule has 20 heavy (non-hydrogen) atoms. The second-order valence-electron chi connectivity index (χ2n) is 5.80. The lowest BCUT2D eigenvalue weighted by atomic mass is 10.2. The molecule has 1 amide bonds. The highest BCUT2D eigenvalue weighted by atomic mass is 79.9. The number of aryl methyl sites for hydroxylation is 1. The zero-order valence-corrected chi connectivity index (χ0v) is 13.6. The molecule has 0 atom stereocenters. The Kier molecular flexibility index (Phi) is 4.17. The summed E-state index contributed by atoms with van der Waals surface area (Å²) in [5.41, 5.74) is 0.818. The molecule has 0 unspecified atom stereocenters. The quantitative estimate of drug-likeness (QED) is 0.843. The van der Waals surface area contributed by atoms with Crippen molar-refractivity contribution in [2.24, 2.45) is 0 Å². The first-order chi connectivity index (χ1) is 9.69. The average Bonchev–Trinajstić information content (AvgIpc) is 3.23. The van der Waals surface area contributed by atoms with Gasteiger partial charge in [-0.15, -0.1) is 0 Å². The molecule has 5 heteroatoms. The Morgan fingerprint density at radius 1 is 1.30 bits per heavy atom. The first-order valence-corrected chi connectivity index (χ1v) is 8.37. The number of amides is 1. The molecule has 3 rings (SSSR count). The largest absolute Gasteiger partial charge is 0.342 e. The first-order valence-electron chi connectivity index (χ1n) is 7.58. The Balaban J connectivity index is 1.66. The molecule has 4 nitrogen and oxygen atoms in total. The van der Waals surface area contributed by atoms with E-state index in [-0.39, 0.29) is 5.91 Å². The minimum Gasteiger partial charge on any atom is -0.342 e. The van der Waals surface area contributed by atoms with Crippen LogP contribution >= 0.6 is 15.9 Å². The van der Waals surface area contributed by atoms with Crippen LogP contribution < -0.4 is 0 Å². The molecule has 2 fully saturated rings. The van der Waals surface area contributed by atoms with Gasteiger partial charge in [0.05, 0.1) is 0 Å². The number of hydrogen-bond donors (Lipinski definition) is 0. The monoisotopic (exact) mass is 339 g/mol. The zero-order valence-electron chi connectivity index (χ0n) is 12.0. The molecular weight excluding hydrogens is 318 g/mol. The van der Waals surface area contributed by atoms with Gasteiger partial charge in [0.2, 0.25) is 0 Å². The molecule has 2 heterocycles. The van der Waals surface area contributed by atoms with Crippen molar-refractivity contribution in [2.45, 2.75) is 38.8 Å². The molecule has 1 saturated carbocycles. The van der Waals surface area contributed by atoms with Gasteiger partial charge in [-0.3, -0.25) is 9.69 Å². The van der Waals surface area contributed by atoms with Gasteiger partial charge in [0.1, 0.15) is 5.69 Å². The van der Waals surface area contributed by atoms with Crippen LogP contribution in [0.3, 0.4) is 0 Å². The van der Waals surface area contributed by atoms with E-state index in [1.54, 1.807) is 0 Å². The van der Waals surface area contributed by atoms with Gasteiger partial charge in [0, 0.05) is 49.4 Å². The molecule has 110 valence electrons. The number of hydrogen-bond acceptors (Lipinski definition) is 2. The Hall–Kier alpha value is -0.810. The molecule has 1 aliphatic carbocycles. The van der Waals surface area contributed by atoms with Crippen LogP contribution in [0, 0.1) is 0 Å². The summed E-state index contributed by atoms with van der Waals surface area (Å²) in [4.78, 5) is 17.2. The number of piperazine rings is 1. The van der Waals surface area contributed by atoms with E-state index in [9.17, 15) is 4.79 Å². The summed E-state index contributed by atoms with van der Waals surface area (Å²) < 4.78 is 3.06. The molecule has 1 aliphatic heterocycles. The van der Waals surface area contributed by atoms with Gasteiger partial charge in [-0.1, -0.05) is 6.92 Å². The van der Waals surface area contributed by atoms with E-state index in [0.29, 0.717) is 0 Å². The van der Waals surface area contributed by atoms with Crippen LogP contribution in [0.4, 0.5) is 0 Å². The summed E-state index contributed by atoms with van der Waals surface area (Å²) >= 11 is 3.48. The molecule has 1 saturated heterocycles. The lowest BCUT2D eigenvalue weighted by Gasteiger charge is -2.34. The number of carbonyl (C=O) groups excluding carboxylic acids is 1. The van der Waals surface area contributed by atoms with Gasteiger partial charge < -0.3 is 9.47 Å². The maximum atomic E-state index is 12.7. The van der Waals surface area contributed by atoms with Crippen molar-refractivity contribution >= 4 is 21.8 Å². The predicted octanol–water partition coefficient (Wildman–Crippen LogP) is 2.58. The van der Waals surface area contributed by atoms with Crippen molar-refractivity contribution < 1.29 is 4.79 Å². The van der Waals surface area contributed by atoms with E-state index in [1.165, 1.54) is 12.8 Å². The van der Waals surface area contributed by atoms with E-state index in [4.69, 9.17) is 0 Å². The third-order valence-electron chi connectivity index (χ3n) is 4.21. The number of halogens is 1. The van der Waals surface area contributed by atoms with Crippen molar-refractivity contribution in [1.82, 2.24) is 14.4 Å². The zero-order chi connectivity index (χ0) is 14.1.